The lowest BCUT2D eigenvalue weighted by Gasteiger charge is -2.52. The predicted molar refractivity (Wildman–Crippen MR) is 173 cm³/mol. The summed E-state index contributed by atoms with van der Waals surface area (Å²) in [6.45, 7) is 6.84. The van der Waals surface area contributed by atoms with Crippen molar-refractivity contribution in [2.24, 2.45) is 5.92 Å². The smallest absolute Gasteiger partial charge is 0.261 e. The molecule has 1 atom stereocenters. The van der Waals surface area contributed by atoms with Crippen molar-refractivity contribution in [2.45, 2.75) is 101 Å². The molecule has 2 N–H and O–H groups in total. The fraction of sp³-hybridized carbons (Fsp3) is 0.576. The van der Waals surface area contributed by atoms with E-state index in [4.69, 9.17) is 0 Å². The van der Waals surface area contributed by atoms with Crippen molar-refractivity contribution in [2.75, 3.05) is 24.4 Å². The number of hydrogen-bond acceptors (Lipinski definition) is 5. The molecule has 10 heteroatoms. The quantitative estimate of drug-likeness (QED) is 0.354. The van der Waals surface area contributed by atoms with E-state index in [-0.39, 0.29) is 35.2 Å². The van der Waals surface area contributed by atoms with Crippen LogP contribution in [-0.4, -0.2) is 61.2 Å². The molecule has 2 aromatic carbocycles. The highest BCUT2D eigenvalue weighted by atomic mass is 35.5. The average Bonchev–Trinajstić information content (AvgIpc) is 2.98. The van der Waals surface area contributed by atoms with Gasteiger partial charge in [-0.3, -0.25) is 19.2 Å². The van der Waals surface area contributed by atoms with E-state index in [0.717, 1.165) is 56.3 Å². The predicted octanol–water partition coefficient (Wildman–Crippen LogP) is 5.65. The summed E-state index contributed by atoms with van der Waals surface area (Å²) in [6.07, 6.45) is 9.96. The van der Waals surface area contributed by atoms with E-state index in [9.17, 15) is 18.0 Å². The molecule has 1 saturated carbocycles. The second kappa shape index (κ2) is 14.4. The highest BCUT2D eigenvalue weighted by Crippen LogP contribution is 2.36. The van der Waals surface area contributed by atoms with Crippen molar-refractivity contribution in [1.82, 2.24) is 15.1 Å². The summed E-state index contributed by atoms with van der Waals surface area (Å²) in [4.78, 5) is 32.0. The van der Waals surface area contributed by atoms with Crippen LogP contribution in [0.1, 0.15) is 82.3 Å². The van der Waals surface area contributed by atoms with Gasteiger partial charge in [0.2, 0.25) is 11.8 Å². The van der Waals surface area contributed by atoms with Crippen molar-refractivity contribution < 1.29 is 18.0 Å². The minimum atomic E-state index is -3.65. The molecule has 3 aliphatic rings. The summed E-state index contributed by atoms with van der Waals surface area (Å²) >= 11 is 0. The van der Waals surface area contributed by atoms with Crippen molar-refractivity contribution in [3.05, 3.63) is 59.7 Å². The molecule has 2 amide bonds. The van der Waals surface area contributed by atoms with Crippen molar-refractivity contribution in [1.29, 1.82) is 0 Å². The molecule has 2 heterocycles. The van der Waals surface area contributed by atoms with Crippen LogP contribution in [0.3, 0.4) is 0 Å². The number of nitrogens with one attached hydrogen (secondary N) is 2. The van der Waals surface area contributed by atoms with Crippen molar-refractivity contribution in [3.8, 4) is 0 Å². The van der Waals surface area contributed by atoms with Gasteiger partial charge >= 0.3 is 0 Å². The maximum absolute atomic E-state index is 13.8. The molecule has 5 rings (SSSR count). The molecule has 43 heavy (non-hydrogen) atoms. The first-order valence-electron chi connectivity index (χ1n) is 15.7. The molecule has 0 aromatic heterocycles. The van der Waals surface area contributed by atoms with Crippen LogP contribution < -0.4 is 10.0 Å². The molecule has 2 aromatic rings. The Balaban J connectivity index is 0.00000423. The van der Waals surface area contributed by atoms with Crippen LogP contribution in [0.2, 0.25) is 0 Å². The standard InChI is InChI=1S/C33H46N4O4S.ClH/c1-3-4-20-37-31(38)30(23-26-8-6-5-7-9-26)34-32(39)33(37)18-21-36(22-19-33)24-27-12-14-28(15-13-27)35-42(40,41)29-16-10-25(2)11-17-29;/h10-17,26,30,35H,3-9,18-24H2,1-2H3,(H,34,39);1H. The number of piperidine rings is 1. The van der Waals surface area contributed by atoms with Crippen LogP contribution in [0.25, 0.3) is 0 Å². The first kappa shape index (κ1) is 33.3. The molecule has 1 aliphatic carbocycles. The highest BCUT2D eigenvalue weighted by Gasteiger charge is 2.53. The summed E-state index contributed by atoms with van der Waals surface area (Å²) in [5.74, 6) is 0.677. The van der Waals surface area contributed by atoms with Crippen LogP contribution in [0, 0.1) is 12.8 Å². The van der Waals surface area contributed by atoms with E-state index < -0.39 is 15.6 Å². The zero-order valence-electron chi connectivity index (χ0n) is 25.5. The molecule has 1 spiro atoms. The third-order valence-electron chi connectivity index (χ3n) is 9.46. The zero-order chi connectivity index (χ0) is 29.7. The number of amides is 2. The first-order valence-corrected chi connectivity index (χ1v) is 17.2. The minimum absolute atomic E-state index is 0. The number of rotatable bonds is 10. The molecular weight excluding hydrogens is 584 g/mol. The summed E-state index contributed by atoms with van der Waals surface area (Å²) in [5.41, 5.74) is 1.84. The van der Waals surface area contributed by atoms with Gasteiger partial charge in [-0.15, -0.1) is 12.4 Å². The number of nitrogens with zero attached hydrogens (tertiary/aromatic N) is 2. The largest absolute Gasteiger partial charge is 0.342 e. The van der Waals surface area contributed by atoms with Gasteiger partial charge in [0.15, 0.2) is 0 Å². The summed E-state index contributed by atoms with van der Waals surface area (Å²) in [5, 5.41) is 3.18. The van der Waals surface area contributed by atoms with E-state index in [1.807, 2.05) is 24.0 Å². The Bertz CT molecular complexity index is 1340. The molecular formula is C33H47ClN4O4S. The van der Waals surface area contributed by atoms with E-state index in [1.165, 1.54) is 19.3 Å². The number of piperazine rings is 1. The zero-order valence-corrected chi connectivity index (χ0v) is 27.1. The number of carbonyl (C=O) groups excluding carboxylic acids is 2. The van der Waals surface area contributed by atoms with E-state index in [0.29, 0.717) is 37.5 Å². The first-order chi connectivity index (χ1) is 20.2. The highest BCUT2D eigenvalue weighted by molar-refractivity contribution is 7.92. The number of unbranched alkanes of at least 4 members (excludes halogenated alkanes) is 1. The Morgan fingerprint density at radius 2 is 1.60 bits per heavy atom. The van der Waals surface area contributed by atoms with Crippen LogP contribution in [0.15, 0.2) is 53.4 Å². The van der Waals surface area contributed by atoms with Crippen LogP contribution >= 0.6 is 12.4 Å². The molecule has 1 unspecified atom stereocenters. The average molecular weight is 631 g/mol. The lowest BCUT2D eigenvalue weighted by Crippen LogP contribution is -2.73. The van der Waals surface area contributed by atoms with Crippen LogP contribution in [0.4, 0.5) is 5.69 Å². The van der Waals surface area contributed by atoms with Crippen LogP contribution in [-0.2, 0) is 26.2 Å². The molecule has 2 saturated heterocycles. The van der Waals surface area contributed by atoms with Crippen molar-refractivity contribution in [3.63, 3.8) is 0 Å². The maximum atomic E-state index is 13.8. The van der Waals surface area contributed by atoms with Gasteiger partial charge in [0.05, 0.1) is 4.90 Å². The number of benzene rings is 2. The molecule has 8 nitrogen and oxygen atoms in total. The SMILES string of the molecule is CCCCN1C(=O)C(CC2CCCCC2)NC(=O)C12CCN(Cc1ccc(NS(=O)(=O)c3ccc(C)cc3)cc1)CC2.Cl. The molecule has 0 bridgehead atoms. The minimum Gasteiger partial charge on any atom is -0.342 e. The van der Waals surface area contributed by atoms with Gasteiger partial charge in [-0.25, -0.2) is 8.42 Å². The lowest BCUT2D eigenvalue weighted by molar-refractivity contribution is -0.162. The summed E-state index contributed by atoms with van der Waals surface area (Å²) < 4.78 is 28.1. The molecule has 2 aliphatic heterocycles. The van der Waals surface area contributed by atoms with Crippen LogP contribution in [0.5, 0.6) is 0 Å². The fourth-order valence-corrected chi connectivity index (χ4v) is 7.94. The number of carbonyl (C=O) groups is 2. The second-order valence-electron chi connectivity index (χ2n) is 12.5. The normalized spacial score (nSPS) is 21.3. The second-order valence-corrected chi connectivity index (χ2v) is 14.2. The Hall–Kier alpha value is -2.62. The molecule has 3 fully saturated rings. The van der Waals surface area contributed by atoms with Gasteiger partial charge in [-0.05, 0) is 68.4 Å². The Labute approximate surface area is 263 Å². The number of anilines is 1. The maximum Gasteiger partial charge on any atom is 0.261 e. The fourth-order valence-electron chi connectivity index (χ4n) is 6.88. The van der Waals surface area contributed by atoms with Crippen molar-refractivity contribution >= 4 is 39.9 Å². The number of hydrogen-bond donors (Lipinski definition) is 2. The number of sulfonamides is 1. The lowest BCUT2D eigenvalue weighted by atomic mass is 9.79. The Morgan fingerprint density at radius 1 is 0.953 bits per heavy atom. The molecule has 236 valence electrons. The van der Waals surface area contributed by atoms with E-state index in [1.54, 1.807) is 36.4 Å². The number of likely N-dealkylation sites (tertiary alicyclic amines) is 1. The third-order valence-corrected chi connectivity index (χ3v) is 10.9. The molecule has 0 radical (unpaired) electrons. The number of aryl methyl sites for hydroxylation is 1. The topological polar surface area (TPSA) is 98.8 Å². The van der Waals surface area contributed by atoms with Gasteiger partial charge in [0.1, 0.15) is 11.6 Å². The van der Waals surface area contributed by atoms with E-state index >= 15 is 0 Å². The van der Waals surface area contributed by atoms with Gasteiger partial charge in [-0.1, -0.05) is 75.3 Å². The van der Waals surface area contributed by atoms with Gasteiger partial charge in [-0.2, -0.15) is 0 Å². The summed E-state index contributed by atoms with van der Waals surface area (Å²) in [6, 6.07) is 13.9. The van der Waals surface area contributed by atoms with Gasteiger partial charge < -0.3 is 10.2 Å². The Kier molecular flexibility index (Phi) is 11.2. The summed E-state index contributed by atoms with van der Waals surface area (Å²) in [7, 11) is -3.65. The monoisotopic (exact) mass is 630 g/mol. The number of halogens is 1. The third kappa shape index (κ3) is 7.73. The van der Waals surface area contributed by atoms with E-state index in [2.05, 4.69) is 21.9 Å². The Morgan fingerprint density at radius 3 is 2.23 bits per heavy atom. The van der Waals surface area contributed by atoms with Gasteiger partial charge in [0.25, 0.3) is 10.0 Å². The van der Waals surface area contributed by atoms with Gasteiger partial charge in [0, 0.05) is 31.9 Å².